The SMILES string of the molecule is O=C(CCc1ncc(-c2c(F)cccc2F)o1)Nc1cccnc1Oc1ccccc1. The van der Waals surface area contributed by atoms with E-state index in [2.05, 4.69) is 15.3 Å². The van der Waals surface area contributed by atoms with E-state index < -0.39 is 11.6 Å². The van der Waals surface area contributed by atoms with Crippen LogP contribution in [0.4, 0.5) is 14.5 Å². The summed E-state index contributed by atoms with van der Waals surface area (Å²) < 4.78 is 38.9. The van der Waals surface area contributed by atoms with Gasteiger partial charge in [-0.15, -0.1) is 0 Å². The number of pyridine rings is 1. The third-order valence-electron chi connectivity index (χ3n) is 4.33. The zero-order chi connectivity index (χ0) is 21.6. The standard InChI is InChI=1S/C23H17F2N3O3/c24-16-8-4-9-17(25)22(16)19-14-27-21(31-19)12-11-20(29)28-18-10-5-13-26-23(18)30-15-6-2-1-3-7-15/h1-10,13-14H,11-12H2,(H,28,29). The van der Waals surface area contributed by atoms with Crippen molar-refractivity contribution in [2.45, 2.75) is 12.8 Å². The number of para-hydroxylation sites is 1. The number of amides is 1. The third-order valence-corrected chi connectivity index (χ3v) is 4.33. The number of hydrogen-bond donors (Lipinski definition) is 1. The molecule has 31 heavy (non-hydrogen) atoms. The zero-order valence-electron chi connectivity index (χ0n) is 16.2. The highest BCUT2D eigenvalue weighted by Crippen LogP contribution is 2.28. The lowest BCUT2D eigenvalue weighted by molar-refractivity contribution is -0.116. The van der Waals surface area contributed by atoms with Crippen LogP contribution in [0.25, 0.3) is 11.3 Å². The van der Waals surface area contributed by atoms with E-state index in [4.69, 9.17) is 9.15 Å². The van der Waals surface area contributed by atoms with Gasteiger partial charge in [0.05, 0.1) is 11.8 Å². The third kappa shape index (κ3) is 4.92. The van der Waals surface area contributed by atoms with Crippen LogP contribution >= 0.6 is 0 Å². The zero-order valence-corrected chi connectivity index (χ0v) is 16.2. The van der Waals surface area contributed by atoms with Gasteiger partial charge in [-0.3, -0.25) is 4.79 Å². The van der Waals surface area contributed by atoms with Gasteiger partial charge in [-0.05, 0) is 36.4 Å². The van der Waals surface area contributed by atoms with Gasteiger partial charge in [0.15, 0.2) is 11.7 Å². The molecule has 1 amide bonds. The summed E-state index contributed by atoms with van der Waals surface area (Å²) in [4.78, 5) is 20.6. The van der Waals surface area contributed by atoms with E-state index in [-0.39, 0.29) is 41.8 Å². The Hall–Kier alpha value is -4.07. The summed E-state index contributed by atoms with van der Waals surface area (Å²) in [5, 5.41) is 2.74. The second kappa shape index (κ2) is 9.17. The summed E-state index contributed by atoms with van der Waals surface area (Å²) in [5.41, 5.74) is 0.127. The first kappa shape index (κ1) is 20.2. The Labute approximate surface area is 176 Å². The van der Waals surface area contributed by atoms with Crippen molar-refractivity contribution in [3.63, 3.8) is 0 Å². The molecular weight excluding hydrogens is 404 g/mol. The van der Waals surface area contributed by atoms with Gasteiger partial charge in [-0.25, -0.2) is 18.7 Å². The first-order valence-electron chi connectivity index (χ1n) is 9.47. The van der Waals surface area contributed by atoms with Gasteiger partial charge < -0.3 is 14.5 Å². The molecule has 2 aromatic carbocycles. The number of nitrogens with zero attached hydrogens (tertiary/aromatic N) is 2. The van der Waals surface area contributed by atoms with E-state index in [1.807, 2.05) is 18.2 Å². The first-order chi connectivity index (χ1) is 15.1. The summed E-state index contributed by atoms with van der Waals surface area (Å²) in [7, 11) is 0. The number of aryl methyl sites for hydroxylation is 1. The molecule has 0 saturated carbocycles. The molecule has 4 rings (SSSR count). The average Bonchev–Trinajstić information content (AvgIpc) is 3.23. The van der Waals surface area contributed by atoms with Crippen molar-refractivity contribution in [3.8, 4) is 23.0 Å². The maximum Gasteiger partial charge on any atom is 0.243 e. The van der Waals surface area contributed by atoms with E-state index in [1.54, 1.807) is 30.5 Å². The van der Waals surface area contributed by atoms with E-state index in [0.717, 1.165) is 12.1 Å². The topological polar surface area (TPSA) is 77.3 Å². The summed E-state index contributed by atoms with van der Waals surface area (Å²) >= 11 is 0. The Balaban J connectivity index is 1.39. The molecule has 0 radical (unpaired) electrons. The number of aromatic nitrogens is 2. The van der Waals surface area contributed by atoms with Crippen LogP contribution in [0.15, 0.2) is 77.5 Å². The largest absolute Gasteiger partial charge is 0.441 e. The van der Waals surface area contributed by atoms with Crippen LogP contribution in [0, 0.1) is 11.6 Å². The van der Waals surface area contributed by atoms with Crippen molar-refractivity contribution in [3.05, 3.63) is 90.6 Å². The van der Waals surface area contributed by atoms with Crippen molar-refractivity contribution >= 4 is 11.6 Å². The van der Waals surface area contributed by atoms with Gasteiger partial charge in [0, 0.05) is 19.0 Å². The molecule has 1 N–H and O–H groups in total. The van der Waals surface area contributed by atoms with Crippen molar-refractivity contribution in [2.24, 2.45) is 0 Å². The Bertz CT molecular complexity index is 1180. The molecule has 4 aromatic rings. The van der Waals surface area contributed by atoms with Gasteiger partial charge >= 0.3 is 0 Å². The number of benzene rings is 2. The van der Waals surface area contributed by atoms with Crippen molar-refractivity contribution in [2.75, 3.05) is 5.32 Å². The second-order valence-corrected chi connectivity index (χ2v) is 6.53. The number of carbonyl (C=O) groups excluding carboxylic acids is 1. The van der Waals surface area contributed by atoms with Crippen LogP contribution in [0.3, 0.4) is 0 Å². The number of rotatable bonds is 7. The molecule has 0 bridgehead atoms. The van der Waals surface area contributed by atoms with Crippen LogP contribution in [-0.4, -0.2) is 15.9 Å². The van der Waals surface area contributed by atoms with Gasteiger partial charge in [-0.1, -0.05) is 24.3 Å². The average molecular weight is 421 g/mol. The Morgan fingerprint density at radius 2 is 1.74 bits per heavy atom. The molecule has 0 unspecified atom stereocenters. The highest BCUT2D eigenvalue weighted by atomic mass is 19.1. The highest BCUT2D eigenvalue weighted by Gasteiger charge is 2.17. The molecule has 0 aliphatic carbocycles. The molecule has 0 atom stereocenters. The van der Waals surface area contributed by atoms with Gasteiger partial charge in [0.25, 0.3) is 0 Å². The van der Waals surface area contributed by atoms with E-state index in [1.165, 1.54) is 12.3 Å². The Kier molecular flexibility index (Phi) is 5.98. The summed E-state index contributed by atoms with van der Waals surface area (Å²) in [5.74, 6) is -0.801. The molecule has 0 aliphatic rings. The summed E-state index contributed by atoms with van der Waals surface area (Å²) in [6.45, 7) is 0. The number of hydrogen-bond acceptors (Lipinski definition) is 5. The minimum Gasteiger partial charge on any atom is -0.441 e. The van der Waals surface area contributed by atoms with E-state index >= 15 is 0 Å². The van der Waals surface area contributed by atoms with Crippen molar-refractivity contribution < 1.29 is 22.7 Å². The molecule has 0 aliphatic heterocycles. The number of ether oxygens (including phenoxy) is 1. The molecule has 0 saturated heterocycles. The van der Waals surface area contributed by atoms with Crippen LogP contribution < -0.4 is 10.1 Å². The van der Waals surface area contributed by atoms with E-state index in [9.17, 15) is 13.6 Å². The molecule has 8 heteroatoms. The number of nitrogens with one attached hydrogen (secondary N) is 1. The number of halogens is 2. The van der Waals surface area contributed by atoms with Crippen LogP contribution in [0.5, 0.6) is 11.6 Å². The Morgan fingerprint density at radius 3 is 2.52 bits per heavy atom. The lowest BCUT2D eigenvalue weighted by atomic mass is 10.1. The fraction of sp³-hybridized carbons (Fsp3) is 0.0870. The molecular formula is C23H17F2N3O3. The fourth-order valence-electron chi connectivity index (χ4n) is 2.88. The maximum absolute atomic E-state index is 13.9. The monoisotopic (exact) mass is 421 g/mol. The van der Waals surface area contributed by atoms with Gasteiger partial charge in [0.2, 0.25) is 11.8 Å². The second-order valence-electron chi connectivity index (χ2n) is 6.53. The maximum atomic E-state index is 13.9. The lowest BCUT2D eigenvalue weighted by Gasteiger charge is -2.10. The smallest absolute Gasteiger partial charge is 0.243 e. The van der Waals surface area contributed by atoms with Crippen molar-refractivity contribution in [1.82, 2.24) is 9.97 Å². The van der Waals surface area contributed by atoms with Gasteiger partial charge in [-0.2, -0.15) is 0 Å². The highest BCUT2D eigenvalue weighted by molar-refractivity contribution is 5.92. The Morgan fingerprint density at radius 1 is 0.968 bits per heavy atom. The molecule has 2 aromatic heterocycles. The predicted octanol–water partition coefficient (Wildman–Crippen LogP) is 5.38. The molecule has 156 valence electrons. The van der Waals surface area contributed by atoms with Crippen LogP contribution in [-0.2, 0) is 11.2 Å². The molecule has 2 heterocycles. The summed E-state index contributed by atoms with van der Waals surface area (Å²) in [6.07, 6.45) is 2.99. The number of oxazole rings is 1. The predicted molar refractivity (Wildman–Crippen MR) is 110 cm³/mol. The van der Waals surface area contributed by atoms with Crippen LogP contribution in [0.1, 0.15) is 12.3 Å². The normalized spacial score (nSPS) is 10.6. The van der Waals surface area contributed by atoms with Crippen molar-refractivity contribution in [1.29, 1.82) is 0 Å². The molecule has 0 fully saturated rings. The van der Waals surface area contributed by atoms with Gasteiger partial charge in [0.1, 0.15) is 23.1 Å². The quantitative estimate of drug-likeness (QED) is 0.434. The minimum absolute atomic E-state index is 0.0307. The molecule has 6 nitrogen and oxygen atoms in total. The molecule has 0 spiro atoms. The minimum atomic E-state index is -0.747. The first-order valence-corrected chi connectivity index (χ1v) is 9.47. The number of anilines is 1. The van der Waals surface area contributed by atoms with E-state index in [0.29, 0.717) is 11.4 Å². The fourth-order valence-corrected chi connectivity index (χ4v) is 2.88. The number of carbonyl (C=O) groups is 1. The lowest BCUT2D eigenvalue weighted by Crippen LogP contribution is -2.13. The summed E-state index contributed by atoms with van der Waals surface area (Å²) in [6, 6.07) is 16.0. The van der Waals surface area contributed by atoms with Crippen LogP contribution in [0.2, 0.25) is 0 Å².